The molecule has 0 aromatic heterocycles. The van der Waals surface area contributed by atoms with Crippen LogP contribution in [0.25, 0.3) is 0 Å². The summed E-state index contributed by atoms with van der Waals surface area (Å²) in [5.74, 6) is 1.03. The third kappa shape index (κ3) is 3.91. The van der Waals surface area contributed by atoms with Gasteiger partial charge in [0, 0.05) is 22.1 Å². The molecule has 1 fully saturated rings. The van der Waals surface area contributed by atoms with Crippen LogP contribution in [0.15, 0.2) is 24.3 Å². The first-order chi connectivity index (χ1) is 8.81. The molecule has 2 unspecified atom stereocenters. The largest absolute Gasteiger partial charge is 0.313 e. The van der Waals surface area contributed by atoms with Gasteiger partial charge in [-0.1, -0.05) is 49.6 Å². The van der Waals surface area contributed by atoms with Crippen LogP contribution in [0.3, 0.4) is 0 Å². The molecule has 0 spiro atoms. The molecule has 2 rings (SSSR count). The van der Waals surface area contributed by atoms with Gasteiger partial charge in [-0.2, -0.15) is 11.8 Å². The molecule has 1 aromatic carbocycles. The monoisotopic (exact) mass is 283 g/mol. The second-order valence-corrected chi connectivity index (χ2v) is 6.52. The van der Waals surface area contributed by atoms with Crippen LogP contribution in [0.1, 0.15) is 38.2 Å². The number of benzene rings is 1. The molecular weight excluding hydrogens is 262 g/mol. The third-order valence-corrected chi connectivity index (χ3v) is 5.42. The van der Waals surface area contributed by atoms with Crippen molar-refractivity contribution in [1.29, 1.82) is 0 Å². The zero-order valence-electron chi connectivity index (χ0n) is 11.0. The lowest BCUT2D eigenvalue weighted by molar-refractivity contribution is 0.391. The van der Waals surface area contributed by atoms with Crippen LogP contribution in [0.2, 0.25) is 5.02 Å². The van der Waals surface area contributed by atoms with Gasteiger partial charge in [-0.3, -0.25) is 0 Å². The van der Waals surface area contributed by atoms with Gasteiger partial charge in [0.15, 0.2) is 0 Å². The lowest BCUT2D eigenvalue weighted by Gasteiger charge is -2.31. The first-order valence-electron chi connectivity index (χ1n) is 6.89. The highest BCUT2D eigenvalue weighted by Gasteiger charge is 2.24. The Morgan fingerprint density at radius 3 is 2.83 bits per heavy atom. The van der Waals surface area contributed by atoms with Crippen LogP contribution in [0.4, 0.5) is 0 Å². The summed E-state index contributed by atoms with van der Waals surface area (Å²) in [5, 5.41) is 5.28. The molecule has 0 radical (unpaired) electrons. The highest BCUT2D eigenvalue weighted by molar-refractivity contribution is 7.99. The summed E-state index contributed by atoms with van der Waals surface area (Å²) in [6.45, 7) is 3.28. The summed E-state index contributed by atoms with van der Waals surface area (Å²) >= 11 is 8.28. The first-order valence-corrected chi connectivity index (χ1v) is 8.32. The van der Waals surface area contributed by atoms with E-state index in [1.54, 1.807) is 0 Å². The summed E-state index contributed by atoms with van der Waals surface area (Å²) in [7, 11) is 0. The van der Waals surface area contributed by atoms with Crippen molar-refractivity contribution in [3.8, 4) is 0 Å². The van der Waals surface area contributed by atoms with Gasteiger partial charge >= 0.3 is 0 Å². The minimum absolute atomic E-state index is 0.691. The summed E-state index contributed by atoms with van der Waals surface area (Å²) in [4.78, 5) is 0. The first kappa shape index (κ1) is 14.2. The van der Waals surface area contributed by atoms with Crippen molar-refractivity contribution in [2.24, 2.45) is 0 Å². The van der Waals surface area contributed by atoms with Crippen LogP contribution in [-0.2, 0) is 5.75 Å². The number of hydrogen-bond donors (Lipinski definition) is 1. The number of rotatable bonds is 5. The Morgan fingerprint density at radius 1 is 1.28 bits per heavy atom. The van der Waals surface area contributed by atoms with Gasteiger partial charge in [0.1, 0.15) is 0 Å². The van der Waals surface area contributed by atoms with Gasteiger partial charge in [0.05, 0.1) is 0 Å². The predicted octanol–water partition coefficient (Wildman–Crippen LogP) is 4.49. The number of nitrogens with one attached hydrogen (secondary N) is 1. The normalized spacial score (nSPS) is 24.1. The van der Waals surface area contributed by atoms with Crippen LogP contribution >= 0.6 is 23.4 Å². The molecule has 0 saturated heterocycles. The van der Waals surface area contributed by atoms with Crippen molar-refractivity contribution in [1.82, 2.24) is 5.32 Å². The second-order valence-electron chi connectivity index (χ2n) is 4.89. The molecule has 0 bridgehead atoms. The number of hydrogen-bond acceptors (Lipinski definition) is 2. The topological polar surface area (TPSA) is 12.0 Å². The van der Waals surface area contributed by atoms with Crippen LogP contribution in [-0.4, -0.2) is 17.8 Å². The van der Waals surface area contributed by atoms with E-state index in [4.69, 9.17) is 11.6 Å². The Balaban J connectivity index is 1.89. The average Bonchev–Trinajstić information content (AvgIpc) is 2.40. The van der Waals surface area contributed by atoms with E-state index in [9.17, 15) is 0 Å². The molecule has 100 valence electrons. The summed E-state index contributed by atoms with van der Waals surface area (Å²) < 4.78 is 0. The Kier molecular flexibility index (Phi) is 5.87. The van der Waals surface area contributed by atoms with Gasteiger partial charge < -0.3 is 5.32 Å². The van der Waals surface area contributed by atoms with Crippen molar-refractivity contribution in [2.45, 2.75) is 49.7 Å². The van der Waals surface area contributed by atoms with Gasteiger partial charge in [-0.15, -0.1) is 0 Å². The molecule has 0 aliphatic heterocycles. The van der Waals surface area contributed by atoms with Crippen LogP contribution in [0, 0.1) is 0 Å². The smallest absolute Gasteiger partial charge is 0.0446 e. The minimum Gasteiger partial charge on any atom is -0.313 e. The lowest BCUT2D eigenvalue weighted by Crippen LogP contribution is -2.40. The van der Waals surface area contributed by atoms with E-state index >= 15 is 0 Å². The van der Waals surface area contributed by atoms with Gasteiger partial charge in [0.25, 0.3) is 0 Å². The zero-order valence-corrected chi connectivity index (χ0v) is 12.6. The summed E-state index contributed by atoms with van der Waals surface area (Å²) in [6, 6.07) is 8.89. The second kappa shape index (κ2) is 7.42. The highest BCUT2D eigenvalue weighted by atomic mass is 35.5. The lowest BCUT2D eigenvalue weighted by atomic mass is 9.95. The molecule has 1 aromatic rings. The SMILES string of the molecule is CCNC1CCCCC1SCc1ccccc1Cl. The molecule has 0 heterocycles. The molecule has 18 heavy (non-hydrogen) atoms. The quantitative estimate of drug-likeness (QED) is 0.854. The molecule has 1 saturated carbocycles. The Bertz CT molecular complexity index is 367. The number of halogens is 1. The fourth-order valence-corrected chi connectivity index (χ4v) is 4.33. The molecule has 2 atom stereocenters. The maximum atomic E-state index is 6.21. The Morgan fingerprint density at radius 2 is 2.06 bits per heavy atom. The fraction of sp³-hybridized carbons (Fsp3) is 0.600. The standard InChI is InChI=1S/C15H22ClNS/c1-2-17-14-9-5-6-10-15(14)18-11-12-7-3-4-8-13(12)16/h3-4,7-8,14-15,17H,2,5-6,9-11H2,1H3. The predicted molar refractivity (Wildman–Crippen MR) is 82.5 cm³/mol. The van der Waals surface area contributed by atoms with Crippen molar-refractivity contribution in [3.05, 3.63) is 34.9 Å². The van der Waals surface area contributed by atoms with E-state index in [0.29, 0.717) is 6.04 Å². The maximum absolute atomic E-state index is 6.21. The third-order valence-electron chi connectivity index (χ3n) is 3.58. The average molecular weight is 284 g/mol. The number of thioether (sulfide) groups is 1. The highest BCUT2D eigenvalue weighted by Crippen LogP contribution is 2.32. The van der Waals surface area contributed by atoms with Gasteiger partial charge in [0.2, 0.25) is 0 Å². The molecule has 1 N–H and O–H groups in total. The van der Waals surface area contributed by atoms with Crippen molar-refractivity contribution in [3.63, 3.8) is 0 Å². The molecular formula is C15H22ClNS. The van der Waals surface area contributed by atoms with Crippen molar-refractivity contribution in [2.75, 3.05) is 6.54 Å². The Labute approximate surface area is 120 Å². The fourth-order valence-electron chi connectivity index (χ4n) is 2.60. The summed E-state index contributed by atoms with van der Waals surface area (Å²) in [5.41, 5.74) is 1.27. The van der Waals surface area contributed by atoms with Gasteiger partial charge in [-0.25, -0.2) is 0 Å². The van der Waals surface area contributed by atoms with E-state index in [-0.39, 0.29) is 0 Å². The van der Waals surface area contributed by atoms with Crippen molar-refractivity contribution >= 4 is 23.4 Å². The molecule has 1 aliphatic carbocycles. The van der Waals surface area contributed by atoms with Gasteiger partial charge in [-0.05, 0) is 31.0 Å². The van der Waals surface area contributed by atoms with Crippen LogP contribution in [0.5, 0.6) is 0 Å². The van der Waals surface area contributed by atoms with Crippen molar-refractivity contribution < 1.29 is 0 Å². The molecule has 3 heteroatoms. The van der Waals surface area contributed by atoms with E-state index in [1.807, 2.05) is 12.1 Å². The van der Waals surface area contributed by atoms with E-state index < -0.39 is 0 Å². The van der Waals surface area contributed by atoms with Crippen LogP contribution < -0.4 is 5.32 Å². The Hall–Kier alpha value is -0.180. The van der Waals surface area contributed by atoms with E-state index in [2.05, 4.69) is 36.1 Å². The minimum atomic E-state index is 0.691. The summed E-state index contributed by atoms with van der Waals surface area (Å²) in [6.07, 6.45) is 5.42. The maximum Gasteiger partial charge on any atom is 0.0446 e. The molecule has 1 nitrogen and oxygen atoms in total. The zero-order chi connectivity index (χ0) is 12.8. The van der Waals surface area contributed by atoms with E-state index in [1.165, 1.54) is 31.2 Å². The van der Waals surface area contributed by atoms with E-state index in [0.717, 1.165) is 22.6 Å². The molecule has 1 aliphatic rings. The molecule has 0 amide bonds.